The average molecular weight is 445 g/mol. The summed E-state index contributed by atoms with van der Waals surface area (Å²) in [5.41, 5.74) is 5.56. The minimum atomic E-state index is 0.506. The molecule has 7 heteroatoms. The second-order valence-electron chi connectivity index (χ2n) is 8.41. The zero-order valence-electron chi connectivity index (χ0n) is 19.9. The van der Waals surface area contributed by atoms with Gasteiger partial charge in [0.1, 0.15) is 7.85 Å². The maximum atomic E-state index is 5.54. The lowest BCUT2D eigenvalue weighted by atomic mass is 9.95. The quantitative estimate of drug-likeness (QED) is 0.539. The molecular weight excluding hydrogens is 413 g/mol. The Hall–Kier alpha value is -3.19. The number of benzene rings is 2. The molecule has 1 aromatic heterocycles. The molecule has 1 N–H and O–H groups in total. The zero-order valence-corrected chi connectivity index (χ0v) is 19.9. The van der Waals surface area contributed by atoms with Crippen LogP contribution in [0.25, 0.3) is 11.3 Å². The fraction of sp³-hybridized carbons (Fsp3) is 0.346. The second kappa shape index (κ2) is 10.6. The third-order valence-electron chi connectivity index (χ3n) is 6.25. The Kier molecular flexibility index (Phi) is 7.40. The molecule has 3 aromatic rings. The van der Waals surface area contributed by atoms with Crippen LogP contribution in [0.1, 0.15) is 18.4 Å². The Morgan fingerprint density at radius 2 is 1.61 bits per heavy atom. The highest BCUT2D eigenvalue weighted by molar-refractivity contribution is 6.32. The molecule has 0 radical (unpaired) electrons. The Morgan fingerprint density at radius 3 is 2.21 bits per heavy atom. The van der Waals surface area contributed by atoms with Crippen molar-refractivity contribution in [2.75, 3.05) is 39.3 Å². The van der Waals surface area contributed by atoms with Crippen LogP contribution in [0.2, 0.25) is 0 Å². The monoisotopic (exact) mass is 445 g/mol. The van der Waals surface area contributed by atoms with E-state index in [1.165, 1.54) is 16.7 Å². The third-order valence-corrected chi connectivity index (χ3v) is 6.25. The molecule has 2 heterocycles. The SMILES string of the molecule is Bc1ccc(N(Cc2ccnc(-c3cc(OC)c(OC)c(OC)c3)c2)C2CCNCC2)cc1. The number of ether oxygens (including phenoxy) is 3. The number of nitrogens with one attached hydrogen (secondary N) is 1. The van der Waals surface area contributed by atoms with E-state index in [0.29, 0.717) is 23.3 Å². The van der Waals surface area contributed by atoms with Gasteiger partial charge in [-0.05, 0) is 67.9 Å². The number of methoxy groups -OCH3 is 3. The lowest BCUT2D eigenvalue weighted by Gasteiger charge is -2.36. The maximum absolute atomic E-state index is 5.54. The van der Waals surface area contributed by atoms with Crippen molar-refractivity contribution in [2.24, 2.45) is 0 Å². The van der Waals surface area contributed by atoms with Crippen molar-refractivity contribution in [1.82, 2.24) is 10.3 Å². The van der Waals surface area contributed by atoms with Crippen molar-refractivity contribution in [3.8, 4) is 28.5 Å². The van der Waals surface area contributed by atoms with Crippen molar-refractivity contribution in [3.05, 3.63) is 60.3 Å². The molecular formula is C26H32BN3O3. The van der Waals surface area contributed by atoms with Crippen molar-refractivity contribution in [3.63, 3.8) is 0 Å². The summed E-state index contributed by atoms with van der Waals surface area (Å²) >= 11 is 0. The van der Waals surface area contributed by atoms with Gasteiger partial charge in [-0.2, -0.15) is 0 Å². The molecule has 1 fully saturated rings. The average Bonchev–Trinajstić information content (AvgIpc) is 2.87. The fourth-order valence-corrected chi connectivity index (χ4v) is 4.44. The number of piperidine rings is 1. The lowest BCUT2D eigenvalue weighted by Crippen LogP contribution is -2.43. The smallest absolute Gasteiger partial charge is 0.203 e. The minimum absolute atomic E-state index is 0.506. The van der Waals surface area contributed by atoms with Gasteiger partial charge in [0.25, 0.3) is 0 Å². The molecule has 4 rings (SSSR count). The van der Waals surface area contributed by atoms with Gasteiger partial charge < -0.3 is 24.4 Å². The summed E-state index contributed by atoms with van der Waals surface area (Å²) in [6.07, 6.45) is 4.15. The van der Waals surface area contributed by atoms with Crippen LogP contribution >= 0.6 is 0 Å². The Bertz CT molecular complexity index is 1040. The first-order valence-corrected chi connectivity index (χ1v) is 11.4. The van der Waals surface area contributed by atoms with Gasteiger partial charge in [0.2, 0.25) is 5.75 Å². The molecule has 33 heavy (non-hydrogen) atoms. The van der Waals surface area contributed by atoms with E-state index in [4.69, 9.17) is 14.2 Å². The van der Waals surface area contributed by atoms with Crippen LogP contribution in [0.15, 0.2) is 54.7 Å². The summed E-state index contributed by atoms with van der Waals surface area (Å²) < 4.78 is 16.5. The van der Waals surface area contributed by atoms with E-state index < -0.39 is 0 Å². The van der Waals surface area contributed by atoms with Gasteiger partial charge in [-0.1, -0.05) is 17.6 Å². The highest BCUT2D eigenvalue weighted by atomic mass is 16.5. The molecule has 172 valence electrons. The minimum Gasteiger partial charge on any atom is -0.493 e. The lowest BCUT2D eigenvalue weighted by molar-refractivity contribution is 0.324. The highest BCUT2D eigenvalue weighted by Gasteiger charge is 2.22. The topological polar surface area (TPSA) is 55.9 Å². The van der Waals surface area contributed by atoms with E-state index in [9.17, 15) is 0 Å². The molecule has 2 aromatic carbocycles. The molecule has 1 saturated heterocycles. The molecule has 0 saturated carbocycles. The number of aromatic nitrogens is 1. The number of hydrogen-bond acceptors (Lipinski definition) is 6. The van der Waals surface area contributed by atoms with E-state index in [-0.39, 0.29) is 0 Å². The van der Waals surface area contributed by atoms with Crippen LogP contribution in [-0.4, -0.2) is 53.3 Å². The number of anilines is 1. The van der Waals surface area contributed by atoms with Gasteiger partial charge in [0, 0.05) is 30.0 Å². The molecule has 6 nitrogen and oxygen atoms in total. The summed E-state index contributed by atoms with van der Waals surface area (Å²) in [6.45, 7) is 2.94. The summed E-state index contributed by atoms with van der Waals surface area (Å²) in [5.74, 6) is 1.82. The van der Waals surface area contributed by atoms with Crippen molar-refractivity contribution >= 4 is 19.0 Å². The predicted molar refractivity (Wildman–Crippen MR) is 136 cm³/mol. The van der Waals surface area contributed by atoms with Crippen LogP contribution < -0.4 is 29.9 Å². The number of hydrogen-bond donors (Lipinski definition) is 1. The second-order valence-corrected chi connectivity index (χ2v) is 8.41. The molecule has 0 bridgehead atoms. The van der Waals surface area contributed by atoms with E-state index in [1.54, 1.807) is 21.3 Å². The Morgan fingerprint density at radius 1 is 0.939 bits per heavy atom. The zero-order chi connectivity index (χ0) is 23.2. The summed E-state index contributed by atoms with van der Waals surface area (Å²) in [6, 6.07) is 17.5. The number of nitrogens with zero attached hydrogens (tertiary/aromatic N) is 2. The molecule has 0 atom stereocenters. The van der Waals surface area contributed by atoms with Crippen LogP contribution in [0, 0.1) is 0 Å². The van der Waals surface area contributed by atoms with Gasteiger partial charge in [-0.15, -0.1) is 0 Å². The van der Waals surface area contributed by atoms with Crippen LogP contribution in [-0.2, 0) is 6.54 Å². The van der Waals surface area contributed by atoms with E-state index in [2.05, 4.69) is 59.4 Å². The van der Waals surface area contributed by atoms with Gasteiger partial charge >= 0.3 is 0 Å². The Labute approximate surface area is 197 Å². The largest absolute Gasteiger partial charge is 0.493 e. The molecule has 0 spiro atoms. The number of pyridine rings is 1. The van der Waals surface area contributed by atoms with E-state index in [1.807, 2.05) is 18.3 Å². The summed E-state index contributed by atoms with van der Waals surface area (Å²) in [7, 11) is 7.00. The van der Waals surface area contributed by atoms with Crippen LogP contribution in [0.5, 0.6) is 17.2 Å². The van der Waals surface area contributed by atoms with Gasteiger partial charge in [-0.3, -0.25) is 4.98 Å². The van der Waals surface area contributed by atoms with E-state index >= 15 is 0 Å². The molecule has 0 unspecified atom stereocenters. The summed E-state index contributed by atoms with van der Waals surface area (Å²) in [5, 5.41) is 3.48. The van der Waals surface area contributed by atoms with E-state index in [0.717, 1.165) is 43.7 Å². The summed E-state index contributed by atoms with van der Waals surface area (Å²) in [4.78, 5) is 7.18. The van der Waals surface area contributed by atoms with Gasteiger partial charge in [0.05, 0.1) is 27.0 Å². The maximum Gasteiger partial charge on any atom is 0.203 e. The van der Waals surface area contributed by atoms with Crippen molar-refractivity contribution < 1.29 is 14.2 Å². The predicted octanol–water partition coefficient (Wildman–Crippen LogP) is 2.79. The molecule has 0 amide bonds. The third kappa shape index (κ3) is 5.25. The van der Waals surface area contributed by atoms with Crippen LogP contribution in [0.4, 0.5) is 5.69 Å². The van der Waals surface area contributed by atoms with Gasteiger partial charge in [0.15, 0.2) is 11.5 Å². The Balaban J connectivity index is 1.66. The first-order valence-electron chi connectivity index (χ1n) is 11.4. The standard InChI is InChI=1S/C26H32BN3O3/c1-31-24-15-19(16-25(32-2)26(24)33-3)23-14-18(8-13-29-23)17-30(22-9-11-28-12-10-22)21-6-4-20(27)5-7-21/h4-8,13-16,22,28H,9-12,17,27H2,1-3H3. The van der Waals surface area contributed by atoms with Crippen LogP contribution in [0.3, 0.4) is 0 Å². The first-order chi connectivity index (χ1) is 16.1. The molecule has 1 aliphatic heterocycles. The van der Waals surface area contributed by atoms with Crippen molar-refractivity contribution in [2.45, 2.75) is 25.4 Å². The number of rotatable bonds is 8. The van der Waals surface area contributed by atoms with Gasteiger partial charge in [-0.25, -0.2) is 0 Å². The normalized spacial score (nSPS) is 14.0. The highest BCUT2D eigenvalue weighted by Crippen LogP contribution is 2.41. The fourth-order valence-electron chi connectivity index (χ4n) is 4.44. The van der Waals surface area contributed by atoms with Crippen molar-refractivity contribution in [1.29, 1.82) is 0 Å². The first kappa shape index (κ1) is 23.0. The molecule has 0 aliphatic carbocycles. The molecule has 1 aliphatic rings.